The first-order chi connectivity index (χ1) is 20.7. The van der Waals surface area contributed by atoms with Gasteiger partial charge in [-0.05, 0) is 68.5 Å². The van der Waals surface area contributed by atoms with Gasteiger partial charge in [0.25, 0.3) is 0 Å². The minimum Gasteiger partial charge on any atom is -0.454 e. The average Bonchev–Trinajstić information content (AvgIpc) is 3.41. The molecule has 0 fully saturated rings. The predicted molar refractivity (Wildman–Crippen MR) is 177 cm³/mol. The summed E-state index contributed by atoms with van der Waals surface area (Å²) in [5.41, 5.74) is 7.40. The van der Waals surface area contributed by atoms with E-state index in [1.807, 2.05) is 68.5 Å². The van der Waals surface area contributed by atoms with Gasteiger partial charge in [0.2, 0.25) is 0 Å². The fourth-order valence-electron chi connectivity index (χ4n) is 5.46. The van der Waals surface area contributed by atoms with E-state index in [1.54, 1.807) is 12.2 Å². The molecule has 206 valence electrons. The fourth-order valence-corrected chi connectivity index (χ4v) is 5.46. The van der Waals surface area contributed by atoms with Gasteiger partial charge in [0.15, 0.2) is 17.1 Å². The molecule has 0 unspecified atom stereocenters. The molecule has 1 aliphatic heterocycles. The van der Waals surface area contributed by atoms with Gasteiger partial charge in [0.1, 0.15) is 5.58 Å². The highest BCUT2D eigenvalue weighted by molar-refractivity contribution is 6.09. The van der Waals surface area contributed by atoms with Gasteiger partial charge in [-0.3, -0.25) is 0 Å². The van der Waals surface area contributed by atoms with Crippen molar-refractivity contribution in [3.05, 3.63) is 158 Å². The second-order valence-electron chi connectivity index (χ2n) is 9.78. The van der Waals surface area contributed by atoms with Crippen LogP contribution in [0.15, 0.2) is 163 Å². The van der Waals surface area contributed by atoms with E-state index in [-0.39, 0.29) is 0 Å². The third-order valence-electron chi connectivity index (χ3n) is 7.23. The number of fused-ring (bicyclic) bond motifs is 5. The maximum absolute atomic E-state index is 6.55. The second-order valence-corrected chi connectivity index (χ2v) is 9.78. The zero-order valence-electron chi connectivity index (χ0n) is 23.8. The molecule has 0 saturated carbocycles. The summed E-state index contributed by atoms with van der Waals surface area (Å²) in [4.78, 5) is 4.41. The van der Waals surface area contributed by atoms with Gasteiger partial charge < -0.3 is 19.0 Å². The molecule has 42 heavy (non-hydrogen) atoms. The number of para-hydroxylation sites is 4. The predicted octanol–water partition coefficient (Wildman–Crippen LogP) is 11.3. The van der Waals surface area contributed by atoms with Crippen LogP contribution in [0, 0.1) is 0 Å². The van der Waals surface area contributed by atoms with E-state index in [4.69, 9.17) is 9.15 Å². The van der Waals surface area contributed by atoms with E-state index in [0.717, 1.165) is 67.6 Å². The van der Waals surface area contributed by atoms with E-state index >= 15 is 0 Å². The highest BCUT2D eigenvalue weighted by Crippen LogP contribution is 2.51. The molecule has 2 heterocycles. The molecular formula is C38H32N2O2. The maximum atomic E-state index is 6.55. The van der Waals surface area contributed by atoms with Crippen LogP contribution >= 0.6 is 0 Å². The number of furan rings is 1. The van der Waals surface area contributed by atoms with Gasteiger partial charge in [-0.25, -0.2) is 0 Å². The summed E-state index contributed by atoms with van der Waals surface area (Å²) < 4.78 is 13.0. The zero-order valence-corrected chi connectivity index (χ0v) is 23.8. The van der Waals surface area contributed by atoms with Crippen molar-refractivity contribution in [3.63, 3.8) is 0 Å². The summed E-state index contributed by atoms with van der Waals surface area (Å²) in [6.45, 7) is 11.9. The van der Waals surface area contributed by atoms with Gasteiger partial charge >= 0.3 is 0 Å². The van der Waals surface area contributed by atoms with E-state index in [0.29, 0.717) is 0 Å². The normalized spacial score (nSPS) is 13.4. The Bertz CT molecular complexity index is 1940. The molecular weight excluding hydrogens is 516 g/mol. The minimum absolute atomic E-state index is 0.748. The molecule has 5 aromatic rings. The summed E-state index contributed by atoms with van der Waals surface area (Å²) >= 11 is 0. The highest BCUT2D eigenvalue weighted by Gasteiger charge is 2.28. The van der Waals surface area contributed by atoms with Crippen LogP contribution in [0.25, 0.3) is 21.9 Å². The number of hydrogen-bond acceptors (Lipinski definition) is 4. The number of anilines is 4. The van der Waals surface area contributed by atoms with Crippen LogP contribution in [0.1, 0.15) is 13.8 Å². The van der Waals surface area contributed by atoms with Crippen molar-refractivity contribution in [2.45, 2.75) is 13.8 Å². The maximum Gasteiger partial charge on any atom is 0.159 e. The molecule has 0 spiro atoms. The largest absolute Gasteiger partial charge is 0.454 e. The van der Waals surface area contributed by atoms with Gasteiger partial charge in [-0.15, -0.1) is 0 Å². The summed E-state index contributed by atoms with van der Waals surface area (Å²) in [5.74, 6) is 1.53. The van der Waals surface area contributed by atoms with Crippen LogP contribution < -0.4 is 14.5 Å². The lowest BCUT2D eigenvalue weighted by molar-refractivity contribution is 0.476. The van der Waals surface area contributed by atoms with Gasteiger partial charge in [-0.1, -0.05) is 86.0 Å². The van der Waals surface area contributed by atoms with Crippen LogP contribution in [0.3, 0.4) is 0 Å². The van der Waals surface area contributed by atoms with Crippen molar-refractivity contribution in [2.75, 3.05) is 9.80 Å². The Kier molecular flexibility index (Phi) is 7.35. The van der Waals surface area contributed by atoms with Gasteiger partial charge in [0, 0.05) is 28.2 Å². The SMILES string of the molecule is C=C/C=C\C(=C/C)N1c2ccccc2Oc2cc(N(C(/C=C\C)=C/C=C)c3cccc4c3oc3ccccc34)ccc21. The lowest BCUT2D eigenvalue weighted by atomic mass is 10.1. The van der Waals surface area contributed by atoms with Crippen molar-refractivity contribution >= 4 is 44.7 Å². The summed E-state index contributed by atoms with van der Waals surface area (Å²) in [5, 5.41) is 2.15. The number of benzene rings is 4. The van der Waals surface area contributed by atoms with Crippen LogP contribution in [-0.4, -0.2) is 0 Å². The van der Waals surface area contributed by atoms with Crippen molar-refractivity contribution in [1.29, 1.82) is 0 Å². The molecule has 6 rings (SSSR count). The number of rotatable bonds is 8. The summed E-state index contributed by atoms with van der Waals surface area (Å²) in [7, 11) is 0. The first kappa shape index (κ1) is 26.7. The highest BCUT2D eigenvalue weighted by atomic mass is 16.5. The summed E-state index contributed by atoms with van der Waals surface area (Å²) in [6.07, 6.45) is 15.8. The third kappa shape index (κ3) is 4.63. The molecule has 0 amide bonds. The Hall–Kier alpha value is -5.48. The molecule has 4 nitrogen and oxygen atoms in total. The van der Waals surface area contributed by atoms with Crippen molar-refractivity contribution in [2.24, 2.45) is 0 Å². The Morgan fingerprint density at radius 2 is 1.57 bits per heavy atom. The topological polar surface area (TPSA) is 28.9 Å². The molecule has 4 aromatic carbocycles. The fraction of sp³-hybridized carbons (Fsp3) is 0.0526. The first-order valence-corrected chi connectivity index (χ1v) is 14.0. The monoisotopic (exact) mass is 548 g/mol. The Morgan fingerprint density at radius 3 is 2.38 bits per heavy atom. The Labute approximate surface area is 246 Å². The van der Waals surface area contributed by atoms with Gasteiger partial charge in [-0.2, -0.15) is 0 Å². The number of nitrogens with zero attached hydrogens (tertiary/aromatic N) is 2. The van der Waals surface area contributed by atoms with E-state index in [1.165, 1.54) is 0 Å². The van der Waals surface area contributed by atoms with E-state index < -0.39 is 0 Å². The lowest BCUT2D eigenvalue weighted by Gasteiger charge is -2.34. The zero-order chi connectivity index (χ0) is 29.1. The van der Waals surface area contributed by atoms with Gasteiger partial charge in [0.05, 0.1) is 22.7 Å². The number of hydrogen-bond donors (Lipinski definition) is 0. The quantitative estimate of drug-likeness (QED) is 0.180. The standard InChI is InChI=1S/C38H32N2O2/c1-5-9-17-27(8-4)40-32-20-11-13-23-36(32)41-37-26-29(24-25-33(37)40)39(28(15-6-2)16-7-3)34-21-14-19-31-30-18-10-12-22-35(30)42-38(31)34/h5-26H,1-2H2,3-4H3/b16-7-,17-9-,27-8+,28-15+. The van der Waals surface area contributed by atoms with E-state index in [9.17, 15) is 0 Å². The first-order valence-electron chi connectivity index (χ1n) is 14.0. The molecule has 0 saturated heterocycles. The van der Waals surface area contributed by atoms with Crippen LogP contribution in [-0.2, 0) is 0 Å². The molecule has 0 radical (unpaired) electrons. The Morgan fingerprint density at radius 1 is 0.786 bits per heavy atom. The van der Waals surface area contributed by atoms with Crippen molar-refractivity contribution in [1.82, 2.24) is 0 Å². The van der Waals surface area contributed by atoms with Crippen LogP contribution in [0.4, 0.5) is 22.7 Å². The smallest absolute Gasteiger partial charge is 0.159 e. The molecule has 0 bridgehead atoms. The minimum atomic E-state index is 0.748. The van der Waals surface area contributed by atoms with Crippen LogP contribution in [0.2, 0.25) is 0 Å². The second kappa shape index (κ2) is 11.6. The molecule has 1 aromatic heterocycles. The molecule has 0 aliphatic carbocycles. The third-order valence-corrected chi connectivity index (χ3v) is 7.23. The van der Waals surface area contributed by atoms with Crippen LogP contribution in [0.5, 0.6) is 11.5 Å². The number of ether oxygens (including phenoxy) is 1. The van der Waals surface area contributed by atoms with Crippen molar-refractivity contribution < 1.29 is 9.15 Å². The molecule has 4 heteroatoms. The molecule has 0 N–H and O–H groups in total. The van der Waals surface area contributed by atoms with E-state index in [2.05, 4.69) is 89.7 Å². The van der Waals surface area contributed by atoms with Crippen molar-refractivity contribution in [3.8, 4) is 11.5 Å². The average molecular weight is 549 g/mol. The Balaban J connectivity index is 1.57. The number of allylic oxidation sites excluding steroid dienone is 8. The summed E-state index contributed by atoms with van der Waals surface area (Å²) in [6, 6.07) is 28.8. The molecule has 1 aliphatic rings. The molecule has 0 atom stereocenters. The lowest BCUT2D eigenvalue weighted by Crippen LogP contribution is -2.21.